The van der Waals surface area contributed by atoms with Crippen LogP contribution in [0.4, 0.5) is 5.82 Å². The number of likely N-dealkylation sites (N-methyl/N-ethyl adjacent to an activating group) is 1. The molecule has 8 nitrogen and oxygen atoms in total. The van der Waals surface area contributed by atoms with Crippen LogP contribution in [0, 0.1) is 6.92 Å². The molecule has 25 heavy (non-hydrogen) atoms. The highest BCUT2D eigenvalue weighted by Crippen LogP contribution is 2.16. The first-order valence-corrected chi connectivity index (χ1v) is 8.15. The second-order valence-corrected chi connectivity index (χ2v) is 6.18. The molecule has 0 bridgehead atoms. The van der Waals surface area contributed by atoms with Gasteiger partial charge in [-0.3, -0.25) is 9.59 Å². The molecule has 8 heteroatoms. The minimum absolute atomic E-state index is 0.0593. The Labute approximate surface area is 145 Å². The molecule has 1 fully saturated rings. The number of anilines is 1. The van der Waals surface area contributed by atoms with Crippen LogP contribution in [0.5, 0.6) is 0 Å². The molecule has 0 saturated carbocycles. The predicted molar refractivity (Wildman–Crippen MR) is 91.8 cm³/mol. The van der Waals surface area contributed by atoms with Crippen molar-refractivity contribution in [1.29, 1.82) is 0 Å². The number of nitrogens with zero attached hydrogens (tertiary/aromatic N) is 4. The molecule has 0 aliphatic carbocycles. The number of hydrogen-bond donors (Lipinski definition) is 0. The molecule has 1 saturated heterocycles. The SMILES string of the molecule is Cc1occc1C(=O)N1CCO[C@@H](CN(C)c2nccn(C)c2=O)C1. The van der Waals surface area contributed by atoms with Gasteiger partial charge in [-0.05, 0) is 13.0 Å². The summed E-state index contributed by atoms with van der Waals surface area (Å²) in [5.74, 6) is 0.917. The fourth-order valence-electron chi connectivity index (χ4n) is 2.93. The number of amides is 1. The topological polar surface area (TPSA) is 80.8 Å². The number of carbonyl (C=O) groups excluding carboxylic acids is 1. The van der Waals surface area contributed by atoms with E-state index < -0.39 is 0 Å². The Morgan fingerprint density at radius 3 is 3.00 bits per heavy atom. The van der Waals surface area contributed by atoms with E-state index in [0.29, 0.717) is 43.4 Å². The van der Waals surface area contributed by atoms with Gasteiger partial charge in [0.05, 0.1) is 24.5 Å². The number of morpholine rings is 1. The minimum atomic E-state index is -0.193. The van der Waals surface area contributed by atoms with Crippen molar-refractivity contribution in [3.63, 3.8) is 0 Å². The predicted octanol–water partition coefficient (Wildman–Crippen LogP) is 0.659. The van der Waals surface area contributed by atoms with Crippen LogP contribution in [0.1, 0.15) is 16.1 Å². The lowest BCUT2D eigenvalue weighted by molar-refractivity contribution is -0.0172. The smallest absolute Gasteiger partial charge is 0.293 e. The Morgan fingerprint density at radius 1 is 1.48 bits per heavy atom. The van der Waals surface area contributed by atoms with Crippen molar-refractivity contribution in [2.24, 2.45) is 7.05 Å². The van der Waals surface area contributed by atoms with Crippen LogP contribution in [0.25, 0.3) is 0 Å². The third-order valence-corrected chi connectivity index (χ3v) is 4.35. The third-order valence-electron chi connectivity index (χ3n) is 4.35. The molecule has 0 spiro atoms. The molecule has 0 N–H and O–H groups in total. The minimum Gasteiger partial charge on any atom is -0.469 e. The Hall–Kier alpha value is -2.61. The van der Waals surface area contributed by atoms with Crippen molar-refractivity contribution in [2.75, 3.05) is 38.2 Å². The van der Waals surface area contributed by atoms with Gasteiger partial charge in [-0.1, -0.05) is 0 Å². The molecule has 2 aromatic rings. The van der Waals surface area contributed by atoms with Crippen LogP contribution >= 0.6 is 0 Å². The summed E-state index contributed by atoms with van der Waals surface area (Å²) in [6, 6.07) is 1.69. The van der Waals surface area contributed by atoms with Crippen LogP contribution in [-0.2, 0) is 11.8 Å². The molecule has 0 radical (unpaired) electrons. The first-order chi connectivity index (χ1) is 12.0. The van der Waals surface area contributed by atoms with Gasteiger partial charge < -0.3 is 23.5 Å². The highest BCUT2D eigenvalue weighted by atomic mass is 16.5. The first-order valence-electron chi connectivity index (χ1n) is 8.15. The summed E-state index contributed by atoms with van der Waals surface area (Å²) in [5, 5.41) is 0. The van der Waals surface area contributed by atoms with Crippen LogP contribution in [0.15, 0.2) is 33.9 Å². The fraction of sp³-hybridized carbons (Fsp3) is 0.471. The monoisotopic (exact) mass is 346 g/mol. The standard InChI is InChI=1S/C17H22N4O4/c1-12-14(4-8-24-12)16(22)21-7-9-25-13(11-21)10-20(3)15-17(23)19(2)6-5-18-15/h4-6,8,13H,7,9-11H2,1-3H3/t13-/m0/s1. The Balaban J connectivity index is 1.67. The van der Waals surface area contributed by atoms with Gasteiger partial charge in [-0.15, -0.1) is 0 Å². The largest absolute Gasteiger partial charge is 0.469 e. The summed E-state index contributed by atoms with van der Waals surface area (Å²) in [4.78, 5) is 32.5. The Morgan fingerprint density at radius 2 is 2.28 bits per heavy atom. The van der Waals surface area contributed by atoms with Gasteiger partial charge >= 0.3 is 0 Å². The summed E-state index contributed by atoms with van der Waals surface area (Å²) >= 11 is 0. The zero-order valence-corrected chi connectivity index (χ0v) is 14.6. The highest BCUT2D eigenvalue weighted by Gasteiger charge is 2.28. The lowest BCUT2D eigenvalue weighted by atomic mass is 10.2. The fourth-order valence-corrected chi connectivity index (χ4v) is 2.93. The number of hydrogen-bond acceptors (Lipinski definition) is 6. The zero-order chi connectivity index (χ0) is 18.0. The van der Waals surface area contributed by atoms with Gasteiger partial charge in [-0.25, -0.2) is 4.98 Å². The number of aromatic nitrogens is 2. The molecule has 134 valence electrons. The van der Waals surface area contributed by atoms with Crippen LogP contribution in [-0.4, -0.2) is 59.8 Å². The van der Waals surface area contributed by atoms with E-state index in [-0.39, 0.29) is 17.6 Å². The van der Waals surface area contributed by atoms with Gasteiger partial charge in [0.1, 0.15) is 5.76 Å². The van der Waals surface area contributed by atoms with Crippen molar-refractivity contribution in [3.8, 4) is 0 Å². The van der Waals surface area contributed by atoms with Crippen molar-refractivity contribution in [2.45, 2.75) is 13.0 Å². The molecule has 1 aliphatic rings. The molecule has 3 rings (SSSR count). The second-order valence-electron chi connectivity index (χ2n) is 6.18. The average Bonchev–Trinajstić information content (AvgIpc) is 3.03. The van der Waals surface area contributed by atoms with Gasteiger partial charge in [-0.2, -0.15) is 0 Å². The van der Waals surface area contributed by atoms with E-state index in [4.69, 9.17) is 9.15 Å². The molecule has 3 heterocycles. The second kappa shape index (κ2) is 7.10. The maximum absolute atomic E-state index is 12.6. The maximum atomic E-state index is 12.6. The number of carbonyl (C=O) groups is 1. The highest BCUT2D eigenvalue weighted by molar-refractivity contribution is 5.95. The molecule has 1 amide bonds. The lowest BCUT2D eigenvalue weighted by Crippen LogP contribution is -2.49. The van der Waals surface area contributed by atoms with E-state index in [1.165, 1.54) is 10.8 Å². The molecular weight excluding hydrogens is 324 g/mol. The quantitative estimate of drug-likeness (QED) is 0.809. The molecule has 2 aromatic heterocycles. The van der Waals surface area contributed by atoms with Crippen LogP contribution < -0.4 is 10.5 Å². The summed E-state index contributed by atoms with van der Waals surface area (Å²) in [5.41, 5.74) is 0.412. The number of rotatable bonds is 4. The van der Waals surface area contributed by atoms with Gasteiger partial charge in [0, 0.05) is 46.1 Å². The van der Waals surface area contributed by atoms with Crippen LogP contribution in [0.2, 0.25) is 0 Å². The summed E-state index contributed by atoms with van der Waals surface area (Å²) in [6.07, 6.45) is 4.53. The molecule has 0 unspecified atom stereocenters. The van der Waals surface area contributed by atoms with Gasteiger partial charge in [0.25, 0.3) is 11.5 Å². The van der Waals surface area contributed by atoms with E-state index in [9.17, 15) is 9.59 Å². The number of aryl methyl sites for hydroxylation is 2. The normalized spacial score (nSPS) is 17.6. The van der Waals surface area contributed by atoms with E-state index >= 15 is 0 Å². The van der Waals surface area contributed by atoms with Crippen LogP contribution in [0.3, 0.4) is 0 Å². The van der Waals surface area contributed by atoms with Gasteiger partial charge in [0.2, 0.25) is 0 Å². The maximum Gasteiger partial charge on any atom is 0.293 e. The van der Waals surface area contributed by atoms with Crippen molar-refractivity contribution in [1.82, 2.24) is 14.5 Å². The van der Waals surface area contributed by atoms with E-state index in [1.807, 2.05) is 0 Å². The molecular formula is C17H22N4O4. The average molecular weight is 346 g/mol. The van der Waals surface area contributed by atoms with E-state index in [0.717, 1.165) is 0 Å². The number of ether oxygens (including phenoxy) is 1. The molecule has 1 atom stereocenters. The number of furan rings is 1. The zero-order valence-electron chi connectivity index (χ0n) is 14.6. The molecule has 1 aliphatic heterocycles. The Bertz CT molecular complexity index is 813. The van der Waals surface area contributed by atoms with E-state index in [1.54, 1.807) is 49.3 Å². The summed E-state index contributed by atoms with van der Waals surface area (Å²) in [6.45, 7) is 3.70. The first kappa shape index (κ1) is 17.2. The van der Waals surface area contributed by atoms with E-state index in [2.05, 4.69) is 4.98 Å². The Kier molecular flexibility index (Phi) is 4.89. The third kappa shape index (κ3) is 3.58. The molecule has 0 aromatic carbocycles. The lowest BCUT2D eigenvalue weighted by Gasteiger charge is -2.34. The summed E-state index contributed by atoms with van der Waals surface area (Å²) < 4.78 is 12.5. The van der Waals surface area contributed by atoms with Gasteiger partial charge in [0.15, 0.2) is 5.82 Å². The van der Waals surface area contributed by atoms with Crippen molar-refractivity contribution >= 4 is 11.7 Å². The van der Waals surface area contributed by atoms with Crippen molar-refractivity contribution in [3.05, 3.63) is 46.4 Å². The van der Waals surface area contributed by atoms with Crippen molar-refractivity contribution < 1.29 is 13.9 Å². The summed E-state index contributed by atoms with van der Waals surface area (Å²) in [7, 11) is 3.49.